The minimum Gasteiger partial charge on any atom is -0.346 e. The van der Waals surface area contributed by atoms with Crippen molar-refractivity contribution in [1.29, 1.82) is 0 Å². The van der Waals surface area contributed by atoms with Crippen LogP contribution in [-0.2, 0) is 16.4 Å². The molecule has 0 saturated carbocycles. The van der Waals surface area contributed by atoms with Crippen molar-refractivity contribution in [2.75, 3.05) is 10.8 Å². The van der Waals surface area contributed by atoms with Crippen molar-refractivity contribution in [3.63, 3.8) is 0 Å². The Bertz CT molecular complexity index is 1170. The topological polar surface area (TPSA) is 66.5 Å². The summed E-state index contributed by atoms with van der Waals surface area (Å²) in [5.41, 5.74) is 4.08. The Hall–Kier alpha value is -3.12. The minimum atomic E-state index is -3.62. The summed E-state index contributed by atoms with van der Waals surface area (Å²) in [6, 6.07) is 21.7. The number of anilines is 1. The Morgan fingerprint density at radius 3 is 2.40 bits per heavy atom. The number of sulfonamides is 1. The molecule has 0 aromatic heterocycles. The van der Waals surface area contributed by atoms with E-state index in [4.69, 9.17) is 0 Å². The molecule has 30 heavy (non-hydrogen) atoms. The van der Waals surface area contributed by atoms with Crippen LogP contribution in [-0.4, -0.2) is 20.9 Å². The summed E-state index contributed by atoms with van der Waals surface area (Å²) in [5, 5.41) is 3.01. The highest BCUT2D eigenvalue weighted by molar-refractivity contribution is 7.92. The van der Waals surface area contributed by atoms with Gasteiger partial charge in [0.2, 0.25) is 0 Å². The summed E-state index contributed by atoms with van der Waals surface area (Å²) >= 11 is 0. The molecule has 0 unspecified atom stereocenters. The smallest absolute Gasteiger partial charge is 0.264 e. The molecule has 6 heteroatoms. The molecular formula is C24H24N2O3S. The molecule has 1 aliphatic heterocycles. The fourth-order valence-electron chi connectivity index (χ4n) is 3.70. The molecule has 3 aromatic carbocycles. The third kappa shape index (κ3) is 3.83. The normalized spacial score (nSPS) is 14.3. The van der Waals surface area contributed by atoms with Gasteiger partial charge in [0.05, 0.1) is 16.6 Å². The Kier molecular flexibility index (Phi) is 5.35. The maximum absolute atomic E-state index is 13.1. The lowest BCUT2D eigenvalue weighted by atomic mass is 10.1. The van der Waals surface area contributed by atoms with E-state index in [2.05, 4.69) is 5.32 Å². The number of aryl methyl sites for hydroxylation is 1. The maximum Gasteiger partial charge on any atom is 0.264 e. The Labute approximate surface area is 177 Å². The van der Waals surface area contributed by atoms with Gasteiger partial charge in [0, 0.05) is 12.1 Å². The van der Waals surface area contributed by atoms with Crippen molar-refractivity contribution >= 4 is 21.6 Å². The standard InChI is InChI=1S/C24H24N2O3S/c1-17-8-11-22(12-9-17)30(28,29)26-15-14-20-16-21(10-13-23(20)26)24(27)25-18(2)19-6-4-3-5-7-19/h3-13,16,18H,14-15H2,1-2H3,(H,25,27)/t18-/m0/s1. The third-order valence-electron chi connectivity index (χ3n) is 5.45. The van der Waals surface area contributed by atoms with E-state index in [-0.39, 0.29) is 16.8 Å². The number of hydrogen-bond acceptors (Lipinski definition) is 3. The van der Waals surface area contributed by atoms with Crippen LogP contribution in [0.15, 0.2) is 77.7 Å². The highest BCUT2D eigenvalue weighted by Gasteiger charge is 2.31. The van der Waals surface area contributed by atoms with Crippen LogP contribution < -0.4 is 9.62 Å². The number of carbonyl (C=O) groups is 1. The number of amides is 1. The van der Waals surface area contributed by atoms with E-state index in [0.717, 1.165) is 16.7 Å². The predicted molar refractivity (Wildman–Crippen MR) is 118 cm³/mol. The van der Waals surface area contributed by atoms with E-state index in [9.17, 15) is 13.2 Å². The molecule has 1 heterocycles. The van der Waals surface area contributed by atoms with Crippen molar-refractivity contribution < 1.29 is 13.2 Å². The van der Waals surface area contributed by atoms with E-state index in [1.165, 1.54) is 4.31 Å². The van der Waals surface area contributed by atoms with Crippen LogP contribution in [0.1, 0.15) is 40.0 Å². The average molecular weight is 421 g/mol. The predicted octanol–water partition coefficient (Wildman–Crippen LogP) is 4.24. The molecule has 0 aliphatic carbocycles. The van der Waals surface area contributed by atoms with Crippen molar-refractivity contribution in [3.05, 3.63) is 95.1 Å². The Morgan fingerprint density at radius 2 is 1.70 bits per heavy atom. The van der Waals surface area contributed by atoms with E-state index >= 15 is 0 Å². The molecule has 1 N–H and O–H groups in total. The first-order valence-corrected chi connectivity index (χ1v) is 11.4. The van der Waals surface area contributed by atoms with Crippen LogP contribution in [0, 0.1) is 6.92 Å². The second kappa shape index (κ2) is 7.95. The lowest BCUT2D eigenvalue weighted by Crippen LogP contribution is -2.29. The quantitative estimate of drug-likeness (QED) is 0.671. The molecule has 0 fully saturated rings. The minimum absolute atomic E-state index is 0.120. The summed E-state index contributed by atoms with van der Waals surface area (Å²) in [5.74, 6) is -0.172. The summed E-state index contributed by atoms with van der Waals surface area (Å²) in [6.07, 6.45) is 0.579. The van der Waals surface area contributed by atoms with Crippen LogP contribution in [0.4, 0.5) is 5.69 Å². The van der Waals surface area contributed by atoms with Gasteiger partial charge < -0.3 is 5.32 Å². The van der Waals surface area contributed by atoms with Crippen molar-refractivity contribution in [1.82, 2.24) is 5.32 Å². The van der Waals surface area contributed by atoms with Gasteiger partial charge in [-0.25, -0.2) is 8.42 Å². The molecule has 5 nitrogen and oxygen atoms in total. The van der Waals surface area contributed by atoms with Crippen LogP contribution >= 0.6 is 0 Å². The van der Waals surface area contributed by atoms with Gasteiger partial charge >= 0.3 is 0 Å². The van der Waals surface area contributed by atoms with Crippen molar-refractivity contribution in [2.45, 2.75) is 31.2 Å². The largest absolute Gasteiger partial charge is 0.346 e. The number of benzene rings is 3. The maximum atomic E-state index is 13.1. The molecule has 1 aliphatic rings. The molecule has 154 valence electrons. The van der Waals surface area contributed by atoms with Gasteiger partial charge in [-0.3, -0.25) is 9.10 Å². The molecule has 4 rings (SSSR count). The lowest BCUT2D eigenvalue weighted by molar-refractivity contribution is 0.0940. The average Bonchev–Trinajstić information content (AvgIpc) is 3.18. The zero-order valence-electron chi connectivity index (χ0n) is 17.0. The second-order valence-corrected chi connectivity index (χ2v) is 9.45. The highest BCUT2D eigenvalue weighted by Crippen LogP contribution is 2.33. The first-order valence-electron chi connectivity index (χ1n) is 9.94. The molecule has 3 aromatic rings. The first kappa shape index (κ1) is 20.2. The molecule has 0 bridgehead atoms. The summed E-state index contributed by atoms with van der Waals surface area (Å²) in [4.78, 5) is 13.0. The van der Waals surface area contributed by atoms with Gasteiger partial charge in [-0.2, -0.15) is 0 Å². The van der Waals surface area contributed by atoms with Gasteiger partial charge in [-0.1, -0.05) is 48.0 Å². The SMILES string of the molecule is Cc1ccc(S(=O)(=O)N2CCc3cc(C(=O)N[C@@H](C)c4ccccc4)ccc32)cc1. The van der Waals surface area contributed by atoms with Gasteiger partial charge in [0.25, 0.3) is 15.9 Å². The number of rotatable bonds is 5. The van der Waals surface area contributed by atoms with Gasteiger partial charge in [-0.15, -0.1) is 0 Å². The molecule has 1 amide bonds. The van der Waals surface area contributed by atoms with E-state index < -0.39 is 10.0 Å². The summed E-state index contributed by atoms with van der Waals surface area (Å²) in [6.45, 7) is 4.24. The molecule has 0 saturated heterocycles. The molecule has 0 radical (unpaired) electrons. The van der Waals surface area contributed by atoms with Crippen LogP contribution in [0.3, 0.4) is 0 Å². The van der Waals surface area contributed by atoms with Crippen LogP contribution in [0.5, 0.6) is 0 Å². The van der Waals surface area contributed by atoms with Crippen molar-refractivity contribution in [3.8, 4) is 0 Å². The number of nitrogens with one attached hydrogen (secondary N) is 1. The van der Waals surface area contributed by atoms with Gasteiger partial charge in [0.1, 0.15) is 0 Å². The fraction of sp³-hybridized carbons (Fsp3) is 0.208. The van der Waals surface area contributed by atoms with Crippen LogP contribution in [0.2, 0.25) is 0 Å². The Balaban J connectivity index is 1.55. The molecule has 1 atom stereocenters. The number of fused-ring (bicyclic) bond motifs is 1. The number of nitrogens with zero attached hydrogens (tertiary/aromatic N) is 1. The van der Waals surface area contributed by atoms with Crippen molar-refractivity contribution in [2.24, 2.45) is 0 Å². The van der Waals surface area contributed by atoms with Crippen LogP contribution in [0.25, 0.3) is 0 Å². The number of hydrogen-bond donors (Lipinski definition) is 1. The molecule has 0 spiro atoms. The highest BCUT2D eigenvalue weighted by atomic mass is 32.2. The zero-order chi connectivity index (χ0) is 21.3. The van der Waals surface area contributed by atoms with E-state index in [1.807, 2.05) is 44.2 Å². The van der Waals surface area contributed by atoms with E-state index in [1.54, 1.807) is 42.5 Å². The first-order chi connectivity index (χ1) is 14.4. The monoisotopic (exact) mass is 420 g/mol. The number of carbonyl (C=O) groups excluding carboxylic acids is 1. The summed E-state index contributed by atoms with van der Waals surface area (Å²) < 4.78 is 27.6. The lowest BCUT2D eigenvalue weighted by Gasteiger charge is -2.20. The Morgan fingerprint density at radius 1 is 1.00 bits per heavy atom. The van der Waals surface area contributed by atoms with Gasteiger partial charge in [-0.05, 0) is 61.7 Å². The van der Waals surface area contributed by atoms with Gasteiger partial charge in [0.15, 0.2) is 0 Å². The third-order valence-corrected chi connectivity index (χ3v) is 7.28. The second-order valence-electron chi connectivity index (χ2n) is 7.59. The fourth-order valence-corrected chi connectivity index (χ4v) is 5.21. The molecular weight excluding hydrogens is 396 g/mol. The zero-order valence-corrected chi connectivity index (χ0v) is 17.8. The van der Waals surface area contributed by atoms with E-state index in [0.29, 0.717) is 24.2 Å². The summed E-state index contributed by atoms with van der Waals surface area (Å²) in [7, 11) is -3.62.